The summed E-state index contributed by atoms with van der Waals surface area (Å²) in [6.07, 6.45) is 0. The van der Waals surface area contributed by atoms with Crippen LogP contribution in [0.2, 0.25) is 0 Å². The lowest BCUT2D eigenvalue weighted by molar-refractivity contribution is 0.564. The highest BCUT2D eigenvalue weighted by Crippen LogP contribution is 2.23. The maximum atomic E-state index is 13.2. The Hall–Kier alpha value is -1.44. The second kappa shape index (κ2) is 6.13. The fourth-order valence-electron chi connectivity index (χ4n) is 1.86. The summed E-state index contributed by atoms with van der Waals surface area (Å²) < 4.78 is 41.2. The standard InChI is InChI=1S/C14H14BrFN2O2S/c1-9(10-2-4-11(15)5-3-10)18-21(19,20)14-8-12(16)6-7-13(14)17/h2-9,18H,17H2,1H3. The van der Waals surface area contributed by atoms with E-state index in [0.29, 0.717) is 0 Å². The zero-order chi connectivity index (χ0) is 15.6. The highest BCUT2D eigenvalue weighted by Gasteiger charge is 2.21. The normalized spacial score (nSPS) is 13.1. The summed E-state index contributed by atoms with van der Waals surface area (Å²) in [5, 5.41) is 0. The number of sulfonamides is 1. The van der Waals surface area contributed by atoms with Crippen LogP contribution in [0.25, 0.3) is 0 Å². The van der Waals surface area contributed by atoms with Crippen LogP contribution in [0.3, 0.4) is 0 Å². The van der Waals surface area contributed by atoms with E-state index < -0.39 is 21.9 Å². The highest BCUT2D eigenvalue weighted by molar-refractivity contribution is 9.10. The molecule has 0 spiro atoms. The molecule has 0 aliphatic heterocycles. The Morgan fingerprint density at radius 1 is 1.19 bits per heavy atom. The van der Waals surface area contributed by atoms with Gasteiger partial charge in [0, 0.05) is 10.5 Å². The number of halogens is 2. The molecule has 3 N–H and O–H groups in total. The molecule has 0 aromatic heterocycles. The fraction of sp³-hybridized carbons (Fsp3) is 0.143. The van der Waals surface area contributed by atoms with Crippen LogP contribution in [0, 0.1) is 5.82 Å². The molecule has 0 radical (unpaired) electrons. The lowest BCUT2D eigenvalue weighted by atomic mass is 10.1. The molecule has 0 saturated carbocycles. The smallest absolute Gasteiger partial charge is 0.243 e. The Morgan fingerprint density at radius 3 is 2.43 bits per heavy atom. The third-order valence-corrected chi connectivity index (χ3v) is 5.09. The van der Waals surface area contributed by atoms with E-state index in [1.807, 2.05) is 12.1 Å². The van der Waals surface area contributed by atoms with E-state index >= 15 is 0 Å². The summed E-state index contributed by atoms with van der Waals surface area (Å²) >= 11 is 3.31. The van der Waals surface area contributed by atoms with Crippen molar-refractivity contribution in [3.63, 3.8) is 0 Å². The highest BCUT2D eigenvalue weighted by atomic mass is 79.9. The monoisotopic (exact) mass is 372 g/mol. The largest absolute Gasteiger partial charge is 0.398 e. The maximum absolute atomic E-state index is 13.2. The summed E-state index contributed by atoms with van der Waals surface area (Å²) in [7, 11) is -3.90. The first-order valence-electron chi connectivity index (χ1n) is 6.12. The van der Waals surface area contributed by atoms with Gasteiger partial charge in [-0.3, -0.25) is 0 Å². The number of benzene rings is 2. The number of hydrogen-bond donors (Lipinski definition) is 2. The molecular formula is C14H14BrFN2O2S. The summed E-state index contributed by atoms with van der Waals surface area (Å²) in [5.41, 5.74) is 6.41. The molecule has 0 aliphatic carbocycles. The van der Waals surface area contributed by atoms with Crippen LogP contribution >= 0.6 is 15.9 Å². The first-order chi connectivity index (χ1) is 9.79. The molecule has 0 amide bonds. The average Bonchev–Trinajstić information content (AvgIpc) is 2.41. The van der Waals surface area contributed by atoms with Crippen molar-refractivity contribution in [2.45, 2.75) is 17.9 Å². The van der Waals surface area contributed by atoms with Crippen LogP contribution in [-0.2, 0) is 10.0 Å². The lowest BCUT2D eigenvalue weighted by Crippen LogP contribution is -2.27. The molecule has 1 unspecified atom stereocenters. The fourth-order valence-corrected chi connectivity index (χ4v) is 3.50. The van der Waals surface area contributed by atoms with E-state index in [0.717, 1.165) is 22.2 Å². The van der Waals surface area contributed by atoms with Crippen LogP contribution in [0.15, 0.2) is 51.8 Å². The second-order valence-electron chi connectivity index (χ2n) is 4.58. The van der Waals surface area contributed by atoms with Gasteiger partial charge in [0.1, 0.15) is 10.7 Å². The van der Waals surface area contributed by atoms with Crippen LogP contribution in [0.4, 0.5) is 10.1 Å². The van der Waals surface area contributed by atoms with Gasteiger partial charge in [-0.1, -0.05) is 28.1 Å². The number of anilines is 1. The van der Waals surface area contributed by atoms with Gasteiger partial charge in [-0.05, 0) is 42.8 Å². The summed E-state index contributed by atoms with van der Waals surface area (Å²) in [5.74, 6) is -0.652. The van der Waals surface area contributed by atoms with Gasteiger partial charge in [0.25, 0.3) is 0 Å². The predicted molar refractivity (Wildman–Crippen MR) is 83.7 cm³/mol. The molecule has 7 heteroatoms. The molecule has 1 atom stereocenters. The zero-order valence-electron chi connectivity index (χ0n) is 11.2. The molecule has 2 aromatic carbocycles. The minimum absolute atomic E-state index is 0.00639. The Bertz CT molecular complexity index is 748. The van der Waals surface area contributed by atoms with Gasteiger partial charge in [0.05, 0.1) is 5.69 Å². The van der Waals surface area contributed by atoms with Crippen molar-refractivity contribution in [3.8, 4) is 0 Å². The van der Waals surface area contributed by atoms with Gasteiger partial charge < -0.3 is 5.73 Å². The van der Waals surface area contributed by atoms with E-state index in [1.165, 1.54) is 6.07 Å². The number of hydrogen-bond acceptors (Lipinski definition) is 3. The number of nitrogens with one attached hydrogen (secondary N) is 1. The van der Waals surface area contributed by atoms with Gasteiger partial charge in [-0.15, -0.1) is 0 Å². The van der Waals surface area contributed by atoms with Crippen molar-refractivity contribution in [3.05, 3.63) is 58.3 Å². The molecule has 2 aromatic rings. The van der Waals surface area contributed by atoms with E-state index in [9.17, 15) is 12.8 Å². The minimum atomic E-state index is -3.90. The Morgan fingerprint density at radius 2 is 1.81 bits per heavy atom. The molecule has 112 valence electrons. The Labute approximate surface area is 131 Å². The second-order valence-corrected chi connectivity index (χ2v) is 7.17. The van der Waals surface area contributed by atoms with Crippen molar-refractivity contribution in [2.24, 2.45) is 0 Å². The van der Waals surface area contributed by atoms with Crippen LogP contribution in [0.5, 0.6) is 0 Å². The molecule has 0 aliphatic rings. The van der Waals surface area contributed by atoms with Crippen molar-refractivity contribution in [1.82, 2.24) is 4.72 Å². The van der Waals surface area contributed by atoms with Crippen LogP contribution < -0.4 is 10.5 Å². The quantitative estimate of drug-likeness (QED) is 0.809. The van der Waals surface area contributed by atoms with Crippen LogP contribution in [0.1, 0.15) is 18.5 Å². The van der Waals surface area contributed by atoms with Gasteiger partial charge in [0.2, 0.25) is 10.0 Å². The van der Waals surface area contributed by atoms with Gasteiger partial charge >= 0.3 is 0 Å². The topological polar surface area (TPSA) is 72.2 Å². The van der Waals surface area contributed by atoms with E-state index in [4.69, 9.17) is 5.73 Å². The molecule has 0 fully saturated rings. The maximum Gasteiger partial charge on any atom is 0.243 e. The number of rotatable bonds is 4. The van der Waals surface area contributed by atoms with E-state index in [-0.39, 0.29) is 10.6 Å². The number of nitrogens with two attached hydrogens (primary N) is 1. The summed E-state index contributed by atoms with van der Waals surface area (Å²) in [6.45, 7) is 1.70. The molecule has 21 heavy (non-hydrogen) atoms. The van der Waals surface area contributed by atoms with Gasteiger partial charge in [-0.25, -0.2) is 17.5 Å². The summed E-state index contributed by atoms with van der Waals surface area (Å²) in [6, 6.07) is 10.0. The average molecular weight is 373 g/mol. The molecule has 0 heterocycles. The van der Waals surface area contributed by atoms with E-state index in [2.05, 4.69) is 20.7 Å². The minimum Gasteiger partial charge on any atom is -0.398 e. The van der Waals surface area contributed by atoms with Gasteiger partial charge in [0.15, 0.2) is 0 Å². The van der Waals surface area contributed by atoms with Crippen molar-refractivity contribution < 1.29 is 12.8 Å². The molecule has 0 bridgehead atoms. The first-order valence-corrected chi connectivity index (χ1v) is 8.40. The predicted octanol–water partition coefficient (Wildman–Crippen LogP) is 3.21. The lowest BCUT2D eigenvalue weighted by Gasteiger charge is -2.16. The Kier molecular flexibility index (Phi) is 4.65. The SMILES string of the molecule is CC(NS(=O)(=O)c1cc(F)ccc1N)c1ccc(Br)cc1. The number of nitrogen functional groups attached to an aromatic ring is 1. The van der Waals surface area contributed by atoms with Crippen LogP contribution in [-0.4, -0.2) is 8.42 Å². The van der Waals surface area contributed by atoms with Gasteiger partial charge in [-0.2, -0.15) is 0 Å². The molecule has 4 nitrogen and oxygen atoms in total. The van der Waals surface area contributed by atoms with Crippen molar-refractivity contribution >= 4 is 31.6 Å². The zero-order valence-corrected chi connectivity index (χ0v) is 13.6. The molecule has 2 rings (SSSR count). The Balaban J connectivity index is 2.28. The molecule has 0 saturated heterocycles. The first kappa shape index (κ1) is 15.9. The van der Waals surface area contributed by atoms with E-state index in [1.54, 1.807) is 19.1 Å². The molecular weight excluding hydrogens is 359 g/mol. The third kappa shape index (κ3) is 3.81. The third-order valence-electron chi connectivity index (χ3n) is 2.97. The van der Waals surface area contributed by atoms with Crippen molar-refractivity contribution in [1.29, 1.82) is 0 Å². The summed E-state index contributed by atoms with van der Waals surface area (Å²) in [4.78, 5) is -0.258. The van der Waals surface area contributed by atoms with Crippen molar-refractivity contribution in [2.75, 3.05) is 5.73 Å².